The predicted molar refractivity (Wildman–Crippen MR) is 65.6 cm³/mol. The van der Waals surface area contributed by atoms with Crippen molar-refractivity contribution in [1.82, 2.24) is 0 Å². The normalized spacial score (nSPS) is 16.4. The second-order valence-corrected chi connectivity index (χ2v) is 5.48. The zero-order valence-electron chi connectivity index (χ0n) is 12.9. The zero-order chi connectivity index (χ0) is 21.7. The number of halogens is 13. The van der Waals surface area contributed by atoms with Crippen molar-refractivity contribution in [3.8, 4) is 0 Å². The Kier molecular flexibility index (Phi) is 5.56. The Hall–Kier alpha value is -1.69. The summed E-state index contributed by atoms with van der Waals surface area (Å²) < 4.78 is 174. The SMILES string of the molecule is CC(F)C(F)(F)C(F)(F)C(F)(F)C(F)(F)C(F)(F)C(F)(F)c1ccccc1. The second kappa shape index (κ2) is 6.43. The minimum atomic E-state index is -7.76. The van der Waals surface area contributed by atoms with Crippen LogP contribution in [0, 0.1) is 0 Å². The van der Waals surface area contributed by atoms with Crippen molar-refractivity contribution in [3.05, 3.63) is 35.9 Å². The van der Waals surface area contributed by atoms with Crippen LogP contribution in [-0.2, 0) is 5.92 Å². The van der Waals surface area contributed by atoms with E-state index in [1.165, 1.54) is 0 Å². The van der Waals surface area contributed by atoms with E-state index >= 15 is 0 Å². The summed E-state index contributed by atoms with van der Waals surface area (Å²) in [4.78, 5) is 0. The van der Waals surface area contributed by atoms with E-state index in [0.717, 1.165) is 6.07 Å². The van der Waals surface area contributed by atoms with Crippen LogP contribution in [0.15, 0.2) is 30.3 Å². The van der Waals surface area contributed by atoms with Crippen LogP contribution in [0.4, 0.5) is 57.1 Å². The summed E-state index contributed by atoms with van der Waals surface area (Å²) in [6, 6.07) is 2.37. The Bertz CT molecular complexity index is 648. The third-order valence-corrected chi connectivity index (χ3v) is 3.63. The maximum atomic E-state index is 13.7. The van der Waals surface area contributed by atoms with Gasteiger partial charge in [0.05, 0.1) is 0 Å². The first-order valence-corrected chi connectivity index (χ1v) is 6.76. The number of hydrogen-bond acceptors (Lipinski definition) is 0. The molecule has 0 heterocycles. The molecule has 0 N–H and O–H groups in total. The lowest BCUT2D eigenvalue weighted by Gasteiger charge is -2.41. The van der Waals surface area contributed by atoms with Crippen LogP contribution < -0.4 is 0 Å². The zero-order valence-corrected chi connectivity index (χ0v) is 12.9. The molecule has 0 bridgehead atoms. The quantitative estimate of drug-likeness (QED) is 0.450. The monoisotopic (exact) mass is 424 g/mol. The summed E-state index contributed by atoms with van der Waals surface area (Å²) in [7, 11) is 0. The number of rotatable bonds is 7. The lowest BCUT2D eigenvalue weighted by atomic mass is 9.88. The highest BCUT2D eigenvalue weighted by atomic mass is 19.4. The molecular weight excluding hydrogens is 415 g/mol. The standard InChI is InChI=1S/C14H9F13/c1-7(15)9(16,17)11(20,21)13(24,25)14(26,27)12(22,23)10(18,19)8-5-3-2-4-6-8/h2-7H,1H3. The molecule has 0 nitrogen and oxygen atoms in total. The van der Waals surface area contributed by atoms with Crippen LogP contribution in [0.3, 0.4) is 0 Å². The molecule has 156 valence electrons. The molecule has 1 rings (SSSR count). The molecule has 0 saturated heterocycles. The average molecular weight is 424 g/mol. The largest absolute Gasteiger partial charge is 0.385 e. The summed E-state index contributed by atoms with van der Waals surface area (Å²) in [5.74, 6) is -42.9. The van der Waals surface area contributed by atoms with Gasteiger partial charge in [0, 0.05) is 5.56 Å². The van der Waals surface area contributed by atoms with Crippen LogP contribution in [0.1, 0.15) is 12.5 Å². The van der Waals surface area contributed by atoms with Gasteiger partial charge in [0.2, 0.25) is 0 Å². The minimum absolute atomic E-state index is 0.0958. The molecule has 0 aliphatic rings. The molecular formula is C14H9F13. The van der Waals surface area contributed by atoms with E-state index < -0.39 is 54.2 Å². The molecule has 1 aromatic carbocycles. The third kappa shape index (κ3) is 3.02. The molecule has 0 aliphatic heterocycles. The Morgan fingerprint density at radius 3 is 1.33 bits per heavy atom. The van der Waals surface area contributed by atoms with Gasteiger partial charge < -0.3 is 0 Å². The van der Waals surface area contributed by atoms with Crippen molar-refractivity contribution in [1.29, 1.82) is 0 Å². The van der Waals surface area contributed by atoms with Crippen LogP contribution in [0.2, 0.25) is 0 Å². The summed E-state index contributed by atoms with van der Waals surface area (Å²) in [5.41, 5.74) is -1.97. The van der Waals surface area contributed by atoms with Crippen LogP contribution in [0.25, 0.3) is 0 Å². The number of benzene rings is 1. The second-order valence-electron chi connectivity index (χ2n) is 5.48. The van der Waals surface area contributed by atoms with Crippen LogP contribution in [-0.4, -0.2) is 35.8 Å². The molecule has 0 aromatic heterocycles. The van der Waals surface area contributed by atoms with E-state index in [1.807, 2.05) is 0 Å². The molecule has 0 radical (unpaired) electrons. The van der Waals surface area contributed by atoms with Gasteiger partial charge in [-0.05, 0) is 6.92 Å². The number of hydrogen-bond donors (Lipinski definition) is 0. The van der Waals surface area contributed by atoms with Gasteiger partial charge in [-0.15, -0.1) is 0 Å². The topological polar surface area (TPSA) is 0 Å². The lowest BCUT2D eigenvalue weighted by molar-refractivity contribution is -0.430. The average Bonchev–Trinajstić information content (AvgIpc) is 2.54. The maximum Gasteiger partial charge on any atom is 0.385 e. The maximum absolute atomic E-state index is 13.7. The smallest absolute Gasteiger partial charge is 0.241 e. The molecule has 1 aromatic rings. The van der Waals surface area contributed by atoms with Gasteiger partial charge in [0.15, 0.2) is 6.17 Å². The Balaban J connectivity index is 3.58. The van der Waals surface area contributed by atoms with Gasteiger partial charge in [-0.1, -0.05) is 30.3 Å². The van der Waals surface area contributed by atoms with E-state index in [9.17, 15) is 57.1 Å². The summed E-state index contributed by atoms with van der Waals surface area (Å²) in [6.45, 7) is -0.432. The number of alkyl halides is 13. The Morgan fingerprint density at radius 1 is 0.593 bits per heavy atom. The predicted octanol–water partition coefficient (Wildman–Crippen LogP) is 6.31. The van der Waals surface area contributed by atoms with Gasteiger partial charge in [-0.3, -0.25) is 0 Å². The summed E-state index contributed by atoms with van der Waals surface area (Å²) in [5, 5.41) is 0. The highest BCUT2D eigenvalue weighted by Crippen LogP contribution is 2.62. The van der Waals surface area contributed by atoms with E-state index in [1.54, 1.807) is 0 Å². The van der Waals surface area contributed by atoms with Crippen molar-refractivity contribution in [2.75, 3.05) is 0 Å². The molecule has 13 heteroatoms. The molecule has 0 aliphatic carbocycles. The summed E-state index contributed by atoms with van der Waals surface area (Å²) >= 11 is 0. The van der Waals surface area contributed by atoms with E-state index in [-0.39, 0.29) is 12.1 Å². The minimum Gasteiger partial charge on any atom is -0.241 e. The Morgan fingerprint density at radius 2 is 0.963 bits per heavy atom. The molecule has 1 unspecified atom stereocenters. The molecule has 0 spiro atoms. The van der Waals surface area contributed by atoms with Gasteiger partial charge in [0.25, 0.3) is 0 Å². The third-order valence-electron chi connectivity index (χ3n) is 3.63. The van der Waals surface area contributed by atoms with Gasteiger partial charge >= 0.3 is 35.5 Å². The molecule has 0 fully saturated rings. The van der Waals surface area contributed by atoms with E-state index in [2.05, 4.69) is 0 Å². The van der Waals surface area contributed by atoms with Gasteiger partial charge in [-0.2, -0.15) is 52.7 Å². The van der Waals surface area contributed by atoms with Crippen LogP contribution >= 0.6 is 0 Å². The highest BCUT2D eigenvalue weighted by molar-refractivity contribution is 5.25. The van der Waals surface area contributed by atoms with Crippen molar-refractivity contribution < 1.29 is 57.1 Å². The van der Waals surface area contributed by atoms with Crippen molar-refractivity contribution in [2.45, 2.75) is 48.6 Å². The van der Waals surface area contributed by atoms with E-state index in [4.69, 9.17) is 0 Å². The van der Waals surface area contributed by atoms with Crippen molar-refractivity contribution in [2.24, 2.45) is 0 Å². The fourth-order valence-corrected chi connectivity index (χ4v) is 1.88. The first-order valence-electron chi connectivity index (χ1n) is 6.76. The molecule has 0 amide bonds. The molecule has 27 heavy (non-hydrogen) atoms. The first-order chi connectivity index (χ1) is 11.8. The van der Waals surface area contributed by atoms with Crippen molar-refractivity contribution >= 4 is 0 Å². The van der Waals surface area contributed by atoms with Gasteiger partial charge in [-0.25, -0.2) is 4.39 Å². The Labute approximate surface area is 143 Å². The van der Waals surface area contributed by atoms with E-state index in [0.29, 0.717) is 12.1 Å². The van der Waals surface area contributed by atoms with Crippen LogP contribution in [0.5, 0.6) is 0 Å². The lowest BCUT2D eigenvalue weighted by Crippen LogP contribution is -2.71. The van der Waals surface area contributed by atoms with Gasteiger partial charge in [0.1, 0.15) is 0 Å². The fraction of sp³-hybridized carbons (Fsp3) is 0.571. The molecule has 0 saturated carbocycles. The fourth-order valence-electron chi connectivity index (χ4n) is 1.88. The molecule has 1 atom stereocenters. The highest BCUT2D eigenvalue weighted by Gasteiger charge is 2.90. The first kappa shape index (κ1) is 23.3. The summed E-state index contributed by atoms with van der Waals surface area (Å²) in [6.07, 6.45) is -4.20. The van der Waals surface area contributed by atoms with Crippen molar-refractivity contribution in [3.63, 3.8) is 0 Å².